The van der Waals surface area contributed by atoms with E-state index in [1.54, 1.807) is 6.08 Å². The largest absolute Gasteiger partial charge is 0.338 e. The highest BCUT2D eigenvalue weighted by Gasteiger charge is 2.48. The van der Waals surface area contributed by atoms with E-state index < -0.39 is 0 Å². The Labute approximate surface area is 129 Å². The number of thiophene rings is 1. The van der Waals surface area contributed by atoms with Gasteiger partial charge in [0.2, 0.25) is 5.91 Å². The monoisotopic (exact) mass is 304 g/mol. The molecule has 2 fully saturated rings. The predicted octanol–water partition coefficient (Wildman–Crippen LogP) is 2.39. The van der Waals surface area contributed by atoms with Crippen molar-refractivity contribution in [2.45, 2.75) is 19.3 Å². The van der Waals surface area contributed by atoms with Crippen LogP contribution >= 0.6 is 11.3 Å². The first-order valence-electron chi connectivity index (χ1n) is 7.39. The lowest BCUT2D eigenvalue weighted by Crippen LogP contribution is -2.46. The second-order valence-electron chi connectivity index (χ2n) is 5.84. The molecule has 1 aromatic rings. The Balaban J connectivity index is 1.64. The van der Waals surface area contributed by atoms with Gasteiger partial charge in [0.25, 0.3) is 5.91 Å². The van der Waals surface area contributed by atoms with Crippen molar-refractivity contribution in [3.63, 3.8) is 0 Å². The second kappa shape index (κ2) is 5.64. The summed E-state index contributed by atoms with van der Waals surface area (Å²) in [4.78, 5) is 29.5. The van der Waals surface area contributed by atoms with Gasteiger partial charge < -0.3 is 9.80 Å². The third-order valence-corrected chi connectivity index (χ3v) is 5.55. The summed E-state index contributed by atoms with van der Waals surface area (Å²) in [5, 5.41) is 1.92. The van der Waals surface area contributed by atoms with Gasteiger partial charge in [0.15, 0.2) is 0 Å². The van der Waals surface area contributed by atoms with Crippen molar-refractivity contribution in [2.75, 3.05) is 26.2 Å². The molecule has 3 rings (SSSR count). The van der Waals surface area contributed by atoms with Gasteiger partial charge in [-0.25, -0.2) is 0 Å². The average Bonchev–Trinajstić information content (AvgIpc) is 3.13. The molecule has 112 valence electrons. The molecule has 1 spiro atoms. The van der Waals surface area contributed by atoms with Gasteiger partial charge in [0.05, 0.1) is 10.3 Å². The van der Waals surface area contributed by atoms with Crippen LogP contribution in [0.1, 0.15) is 28.9 Å². The van der Waals surface area contributed by atoms with E-state index in [0.717, 1.165) is 30.7 Å². The highest BCUT2D eigenvalue weighted by Crippen LogP contribution is 2.41. The number of piperidine rings is 1. The fourth-order valence-electron chi connectivity index (χ4n) is 3.38. The first-order valence-corrected chi connectivity index (χ1v) is 8.27. The molecule has 0 aliphatic carbocycles. The summed E-state index contributed by atoms with van der Waals surface area (Å²) in [5.74, 6) is 0.360. The summed E-state index contributed by atoms with van der Waals surface area (Å²) < 4.78 is 0. The maximum atomic E-state index is 12.6. The topological polar surface area (TPSA) is 40.6 Å². The van der Waals surface area contributed by atoms with Crippen molar-refractivity contribution in [1.82, 2.24) is 9.80 Å². The van der Waals surface area contributed by atoms with Gasteiger partial charge in [-0.1, -0.05) is 12.1 Å². The molecule has 2 amide bonds. The third-order valence-electron chi connectivity index (χ3n) is 4.69. The van der Waals surface area contributed by atoms with Crippen molar-refractivity contribution >= 4 is 23.2 Å². The number of hydrogen-bond acceptors (Lipinski definition) is 3. The molecule has 1 aromatic heterocycles. The SMILES string of the molecule is C=CCN1CCC2(CCN(C(=O)c3cccs3)CC2)C1=O. The normalized spacial score (nSPS) is 21.0. The predicted molar refractivity (Wildman–Crippen MR) is 83.3 cm³/mol. The Morgan fingerprint density at radius 3 is 2.67 bits per heavy atom. The van der Waals surface area contributed by atoms with Crippen molar-refractivity contribution in [3.05, 3.63) is 35.0 Å². The Morgan fingerprint density at radius 2 is 2.05 bits per heavy atom. The van der Waals surface area contributed by atoms with Gasteiger partial charge in [-0.05, 0) is 30.7 Å². The van der Waals surface area contributed by atoms with Crippen LogP contribution in [0.4, 0.5) is 0 Å². The van der Waals surface area contributed by atoms with E-state index in [-0.39, 0.29) is 17.2 Å². The molecule has 2 aliphatic rings. The fraction of sp³-hybridized carbons (Fsp3) is 0.500. The molecule has 0 aromatic carbocycles. The zero-order valence-corrected chi connectivity index (χ0v) is 12.9. The second-order valence-corrected chi connectivity index (χ2v) is 6.79. The highest BCUT2D eigenvalue weighted by molar-refractivity contribution is 7.12. The van der Waals surface area contributed by atoms with E-state index in [9.17, 15) is 9.59 Å². The van der Waals surface area contributed by atoms with Crippen LogP contribution in [0.5, 0.6) is 0 Å². The van der Waals surface area contributed by atoms with Gasteiger partial charge in [0.1, 0.15) is 0 Å². The summed E-state index contributed by atoms with van der Waals surface area (Å²) in [7, 11) is 0. The average molecular weight is 304 g/mol. The number of nitrogens with zero attached hydrogens (tertiary/aromatic N) is 2. The summed E-state index contributed by atoms with van der Waals surface area (Å²) in [6, 6.07) is 3.76. The number of hydrogen-bond donors (Lipinski definition) is 0. The molecule has 2 saturated heterocycles. The summed E-state index contributed by atoms with van der Waals surface area (Å²) >= 11 is 1.48. The maximum absolute atomic E-state index is 12.6. The van der Waals surface area contributed by atoms with Crippen molar-refractivity contribution < 1.29 is 9.59 Å². The van der Waals surface area contributed by atoms with Crippen molar-refractivity contribution in [3.8, 4) is 0 Å². The number of rotatable bonds is 3. The minimum absolute atomic E-state index is 0.105. The van der Waals surface area contributed by atoms with E-state index in [2.05, 4.69) is 6.58 Å². The van der Waals surface area contributed by atoms with Crippen LogP contribution in [0, 0.1) is 5.41 Å². The summed E-state index contributed by atoms with van der Waals surface area (Å²) in [6.45, 7) is 6.54. The van der Waals surface area contributed by atoms with Gasteiger partial charge >= 0.3 is 0 Å². The third kappa shape index (κ3) is 2.50. The van der Waals surface area contributed by atoms with Gasteiger partial charge in [-0.15, -0.1) is 17.9 Å². The number of amides is 2. The molecule has 0 bridgehead atoms. The zero-order valence-electron chi connectivity index (χ0n) is 12.1. The van der Waals surface area contributed by atoms with Crippen LogP contribution in [0.3, 0.4) is 0 Å². The molecule has 5 heteroatoms. The first-order chi connectivity index (χ1) is 10.2. The molecule has 0 atom stereocenters. The zero-order chi connectivity index (χ0) is 14.9. The number of carbonyl (C=O) groups excluding carboxylic acids is 2. The van der Waals surface area contributed by atoms with Crippen LogP contribution in [-0.2, 0) is 4.79 Å². The Kier molecular flexibility index (Phi) is 3.85. The minimum atomic E-state index is -0.227. The first kappa shape index (κ1) is 14.3. The molecule has 4 nitrogen and oxygen atoms in total. The lowest BCUT2D eigenvalue weighted by atomic mass is 9.77. The van der Waals surface area contributed by atoms with Crippen LogP contribution in [0.25, 0.3) is 0 Å². The van der Waals surface area contributed by atoms with Crippen LogP contribution < -0.4 is 0 Å². The maximum Gasteiger partial charge on any atom is 0.263 e. The molecular weight excluding hydrogens is 284 g/mol. The van der Waals surface area contributed by atoms with Crippen LogP contribution in [-0.4, -0.2) is 47.8 Å². The molecular formula is C16H20N2O2S. The van der Waals surface area contributed by atoms with Crippen molar-refractivity contribution in [2.24, 2.45) is 5.41 Å². The molecule has 0 unspecified atom stereocenters. The molecule has 0 radical (unpaired) electrons. The van der Waals surface area contributed by atoms with Crippen molar-refractivity contribution in [1.29, 1.82) is 0 Å². The summed E-state index contributed by atoms with van der Waals surface area (Å²) in [5.41, 5.74) is -0.227. The Morgan fingerprint density at radius 1 is 1.33 bits per heavy atom. The van der Waals surface area contributed by atoms with E-state index in [4.69, 9.17) is 0 Å². The smallest absolute Gasteiger partial charge is 0.263 e. The molecule has 3 heterocycles. The molecule has 0 saturated carbocycles. The van der Waals surface area contributed by atoms with Gasteiger partial charge in [-0.2, -0.15) is 0 Å². The fourth-order valence-corrected chi connectivity index (χ4v) is 4.07. The van der Waals surface area contributed by atoms with E-state index in [0.29, 0.717) is 19.6 Å². The molecule has 2 aliphatic heterocycles. The number of carbonyl (C=O) groups is 2. The lowest BCUT2D eigenvalue weighted by molar-refractivity contribution is -0.137. The molecule has 21 heavy (non-hydrogen) atoms. The Bertz CT molecular complexity index is 545. The van der Waals surface area contributed by atoms with Gasteiger partial charge in [-0.3, -0.25) is 9.59 Å². The van der Waals surface area contributed by atoms with Crippen LogP contribution in [0.15, 0.2) is 30.2 Å². The Hall–Kier alpha value is -1.62. The lowest BCUT2D eigenvalue weighted by Gasteiger charge is -2.37. The minimum Gasteiger partial charge on any atom is -0.338 e. The summed E-state index contributed by atoms with van der Waals surface area (Å²) in [6.07, 6.45) is 4.28. The highest BCUT2D eigenvalue weighted by atomic mass is 32.1. The van der Waals surface area contributed by atoms with Crippen LogP contribution in [0.2, 0.25) is 0 Å². The molecule has 0 N–H and O–H groups in total. The van der Waals surface area contributed by atoms with E-state index >= 15 is 0 Å². The van der Waals surface area contributed by atoms with Gasteiger partial charge in [0, 0.05) is 26.2 Å². The standard InChI is InChI=1S/C16H20N2O2S/c1-2-8-18-11-7-16(15(18)20)5-9-17(10-6-16)14(19)13-4-3-12-21-13/h2-4,12H,1,5-11H2. The van der Waals surface area contributed by atoms with E-state index in [1.165, 1.54) is 11.3 Å². The van der Waals surface area contributed by atoms with E-state index in [1.807, 2.05) is 27.3 Å². The quantitative estimate of drug-likeness (QED) is 0.805. The number of likely N-dealkylation sites (tertiary alicyclic amines) is 2.